The van der Waals surface area contributed by atoms with Crippen LogP contribution in [0.4, 0.5) is 5.69 Å². The summed E-state index contributed by atoms with van der Waals surface area (Å²) in [5.74, 6) is 0.802. The van der Waals surface area contributed by atoms with Gasteiger partial charge in [0.15, 0.2) is 0 Å². The molecular weight excluding hydrogens is 512 g/mol. The third-order valence-corrected chi connectivity index (χ3v) is 7.73. The first-order valence-electron chi connectivity index (χ1n) is 14.2. The zero-order valence-corrected chi connectivity index (χ0v) is 23.6. The van der Waals surface area contributed by atoms with Crippen LogP contribution in [0.5, 0.6) is 0 Å². The Labute approximate surface area is 245 Å². The molecular formula is C38H30N4. The summed E-state index contributed by atoms with van der Waals surface area (Å²) >= 11 is 0. The molecule has 4 nitrogen and oxygen atoms in total. The standard InChI is InChI=1S/C38H30N4/c1-3-11-36-38(39)31-17-6-7-20-35(31)42(36)37-21-10-19-32(41-37)34-23-25(2)22-33(40-34)28-15-8-14-27(24-28)30-18-9-13-26-12-4-5-16-29(26)30/h3-24H,39H2,1-2H3/b11-3-. The number of nitrogens with zero attached hydrogens (tertiary/aromatic N) is 3. The van der Waals surface area contributed by atoms with Gasteiger partial charge in [0.1, 0.15) is 5.82 Å². The molecule has 7 rings (SSSR count). The van der Waals surface area contributed by atoms with Crippen molar-refractivity contribution >= 4 is 33.4 Å². The van der Waals surface area contributed by atoms with E-state index in [9.17, 15) is 0 Å². The fraction of sp³-hybridized carbons (Fsp3) is 0.0526. The van der Waals surface area contributed by atoms with Crippen LogP contribution in [0.3, 0.4) is 0 Å². The van der Waals surface area contributed by atoms with E-state index in [1.807, 2.05) is 49.4 Å². The van der Waals surface area contributed by atoms with Gasteiger partial charge in [-0.25, -0.2) is 9.97 Å². The van der Waals surface area contributed by atoms with E-state index in [1.54, 1.807) is 0 Å². The molecule has 4 aromatic carbocycles. The Balaban J connectivity index is 1.33. The Morgan fingerprint density at radius 2 is 1.36 bits per heavy atom. The van der Waals surface area contributed by atoms with Gasteiger partial charge in [-0.15, -0.1) is 0 Å². The molecule has 0 aliphatic rings. The van der Waals surface area contributed by atoms with Crippen LogP contribution in [0.25, 0.3) is 67.3 Å². The van der Waals surface area contributed by atoms with Crippen molar-refractivity contribution in [3.05, 3.63) is 139 Å². The highest BCUT2D eigenvalue weighted by atomic mass is 15.1. The minimum absolute atomic E-state index is 0.748. The highest BCUT2D eigenvalue weighted by molar-refractivity contribution is 5.98. The van der Waals surface area contributed by atoms with Gasteiger partial charge in [-0.1, -0.05) is 91.0 Å². The summed E-state index contributed by atoms with van der Waals surface area (Å²) in [6.45, 7) is 4.11. The molecule has 42 heavy (non-hydrogen) atoms. The minimum atomic E-state index is 0.748. The highest BCUT2D eigenvalue weighted by Crippen LogP contribution is 2.34. The maximum absolute atomic E-state index is 6.59. The summed E-state index contributed by atoms with van der Waals surface area (Å²) in [6, 6.07) is 42.1. The summed E-state index contributed by atoms with van der Waals surface area (Å²) in [6.07, 6.45) is 4.04. The molecule has 0 saturated carbocycles. The molecule has 0 aliphatic carbocycles. The average molecular weight is 543 g/mol. The molecule has 202 valence electrons. The van der Waals surface area contributed by atoms with Crippen LogP contribution >= 0.6 is 0 Å². The topological polar surface area (TPSA) is 56.7 Å². The van der Waals surface area contributed by atoms with E-state index in [0.717, 1.165) is 56.3 Å². The van der Waals surface area contributed by atoms with Crippen molar-refractivity contribution in [3.63, 3.8) is 0 Å². The molecule has 3 aromatic heterocycles. The molecule has 0 fully saturated rings. The lowest BCUT2D eigenvalue weighted by molar-refractivity contribution is 1.03. The first-order valence-corrected chi connectivity index (χ1v) is 14.2. The van der Waals surface area contributed by atoms with E-state index < -0.39 is 0 Å². The maximum atomic E-state index is 6.59. The number of hydrogen-bond donors (Lipinski definition) is 1. The molecule has 0 amide bonds. The van der Waals surface area contributed by atoms with Gasteiger partial charge in [0.2, 0.25) is 0 Å². The normalized spacial score (nSPS) is 11.6. The van der Waals surface area contributed by atoms with Crippen LogP contribution in [0, 0.1) is 6.92 Å². The van der Waals surface area contributed by atoms with E-state index in [2.05, 4.69) is 102 Å². The Hall–Kier alpha value is -5.48. The van der Waals surface area contributed by atoms with Crippen LogP contribution < -0.4 is 5.73 Å². The first-order chi connectivity index (χ1) is 20.6. The monoisotopic (exact) mass is 542 g/mol. The number of para-hydroxylation sites is 1. The van der Waals surface area contributed by atoms with Crippen LogP contribution in [-0.4, -0.2) is 14.5 Å². The van der Waals surface area contributed by atoms with Crippen molar-refractivity contribution in [2.45, 2.75) is 13.8 Å². The van der Waals surface area contributed by atoms with Crippen molar-refractivity contribution in [3.8, 4) is 39.6 Å². The average Bonchev–Trinajstić information content (AvgIpc) is 3.32. The molecule has 3 heterocycles. The highest BCUT2D eigenvalue weighted by Gasteiger charge is 2.16. The van der Waals surface area contributed by atoms with E-state index in [-0.39, 0.29) is 0 Å². The number of pyridine rings is 2. The van der Waals surface area contributed by atoms with Crippen LogP contribution in [0.2, 0.25) is 0 Å². The maximum Gasteiger partial charge on any atom is 0.138 e. The number of aromatic nitrogens is 3. The number of nitrogen functional groups attached to an aromatic ring is 1. The lowest BCUT2D eigenvalue weighted by Crippen LogP contribution is -2.02. The predicted molar refractivity (Wildman–Crippen MR) is 177 cm³/mol. The van der Waals surface area contributed by atoms with E-state index in [0.29, 0.717) is 0 Å². The Kier molecular flexibility index (Phi) is 6.37. The Morgan fingerprint density at radius 1 is 0.643 bits per heavy atom. The van der Waals surface area contributed by atoms with Gasteiger partial charge in [-0.2, -0.15) is 0 Å². The van der Waals surface area contributed by atoms with Crippen molar-refractivity contribution in [1.82, 2.24) is 14.5 Å². The molecule has 0 bridgehead atoms. The predicted octanol–water partition coefficient (Wildman–Crippen LogP) is 9.50. The quantitative estimate of drug-likeness (QED) is 0.236. The Morgan fingerprint density at radius 3 is 2.24 bits per heavy atom. The largest absolute Gasteiger partial charge is 0.396 e. The van der Waals surface area contributed by atoms with Crippen molar-refractivity contribution in [2.75, 3.05) is 5.73 Å². The van der Waals surface area contributed by atoms with Crippen molar-refractivity contribution in [2.24, 2.45) is 0 Å². The zero-order valence-electron chi connectivity index (χ0n) is 23.6. The molecule has 0 spiro atoms. The summed E-state index contributed by atoms with van der Waals surface area (Å²) in [4.78, 5) is 10.2. The third kappa shape index (κ3) is 4.43. The van der Waals surface area contributed by atoms with Gasteiger partial charge in [0.25, 0.3) is 0 Å². The molecule has 4 heteroatoms. The van der Waals surface area contributed by atoms with Crippen molar-refractivity contribution < 1.29 is 0 Å². The summed E-state index contributed by atoms with van der Waals surface area (Å²) in [5, 5.41) is 3.49. The minimum Gasteiger partial charge on any atom is -0.396 e. The van der Waals surface area contributed by atoms with Crippen LogP contribution in [-0.2, 0) is 0 Å². The van der Waals surface area contributed by atoms with Crippen LogP contribution in [0.1, 0.15) is 18.2 Å². The first kappa shape index (κ1) is 25.5. The van der Waals surface area contributed by atoms with Crippen molar-refractivity contribution in [1.29, 1.82) is 0 Å². The van der Waals surface area contributed by atoms with Gasteiger partial charge in [-0.3, -0.25) is 4.57 Å². The number of allylic oxidation sites excluding steroid dienone is 1. The lowest BCUT2D eigenvalue weighted by atomic mass is 9.96. The number of anilines is 1. The zero-order chi connectivity index (χ0) is 28.6. The number of hydrogen-bond acceptors (Lipinski definition) is 3. The molecule has 2 N–H and O–H groups in total. The fourth-order valence-corrected chi connectivity index (χ4v) is 5.81. The number of aryl methyl sites for hydroxylation is 1. The van der Waals surface area contributed by atoms with Gasteiger partial charge >= 0.3 is 0 Å². The fourth-order valence-electron chi connectivity index (χ4n) is 5.81. The molecule has 0 unspecified atom stereocenters. The second-order valence-corrected chi connectivity index (χ2v) is 10.6. The van der Waals surface area contributed by atoms with E-state index in [4.69, 9.17) is 15.7 Å². The summed E-state index contributed by atoms with van der Waals surface area (Å²) < 4.78 is 2.12. The lowest BCUT2D eigenvalue weighted by Gasteiger charge is -2.12. The van der Waals surface area contributed by atoms with Crippen LogP contribution in [0.15, 0.2) is 127 Å². The molecule has 7 aromatic rings. The van der Waals surface area contributed by atoms with Gasteiger partial charge < -0.3 is 5.73 Å². The van der Waals surface area contributed by atoms with E-state index in [1.165, 1.54) is 21.9 Å². The second kappa shape index (κ2) is 10.5. The van der Waals surface area contributed by atoms with Gasteiger partial charge in [0, 0.05) is 10.9 Å². The third-order valence-electron chi connectivity index (χ3n) is 7.73. The number of fused-ring (bicyclic) bond motifs is 2. The number of benzene rings is 4. The summed E-state index contributed by atoms with van der Waals surface area (Å²) in [5.41, 5.74) is 16.4. The van der Waals surface area contributed by atoms with Gasteiger partial charge in [0.05, 0.1) is 34.0 Å². The smallest absolute Gasteiger partial charge is 0.138 e. The molecule has 0 saturated heterocycles. The summed E-state index contributed by atoms with van der Waals surface area (Å²) in [7, 11) is 0. The second-order valence-electron chi connectivity index (χ2n) is 10.6. The Bertz CT molecular complexity index is 2130. The number of nitrogens with two attached hydrogens (primary N) is 1. The van der Waals surface area contributed by atoms with Gasteiger partial charge in [-0.05, 0) is 83.8 Å². The van der Waals surface area contributed by atoms with E-state index >= 15 is 0 Å². The SMILES string of the molecule is C/C=C\c1c(N)c2ccccc2n1-c1cccc(-c2cc(C)cc(-c3cccc(-c4cccc5ccccc45)c3)n2)n1. The molecule has 0 radical (unpaired) electrons. The number of rotatable bonds is 5. The molecule has 0 atom stereocenters. The molecule has 0 aliphatic heterocycles.